The first-order chi connectivity index (χ1) is 9.02. The Bertz CT molecular complexity index is 431. The predicted molar refractivity (Wildman–Crippen MR) is 73.2 cm³/mol. The van der Waals surface area contributed by atoms with Gasteiger partial charge in [-0.25, -0.2) is 4.79 Å². The van der Waals surface area contributed by atoms with E-state index in [1.54, 1.807) is 12.1 Å². The zero-order chi connectivity index (χ0) is 14.3. The van der Waals surface area contributed by atoms with Gasteiger partial charge < -0.3 is 21.5 Å². The van der Waals surface area contributed by atoms with E-state index in [-0.39, 0.29) is 18.4 Å². The van der Waals surface area contributed by atoms with Crippen molar-refractivity contribution in [3.63, 3.8) is 0 Å². The van der Waals surface area contributed by atoms with Crippen LogP contribution in [-0.2, 0) is 4.79 Å². The lowest BCUT2D eigenvalue weighted by Gasteiger charge is -2.11. The van der Waals surface area contributed by atoms with Crippen LogP contribution in [0.2, 0.25) is 0 Å². The SMILES string of the molecule is CC(CC(=O)O)c1ccc(NC(=O)NCCN)cc1. The van der Waals surface area contributed by atoms with E-state index in [2.05, 4.69) is 10.6 Å². The van der Waals surface area contributed by atoms with Crippen LogP contribution < -0.4 is 16.4 Å². The molecule has 0 saturated heterocycles. The van der Waals surface area contributed by atoms with Gasteiger partial charge in [-0.1, -0.05) is 19.1 Å². The first-order valence-electron chi connectivity index (χ1n) is 6.09. The van der Waals surface area contributed by atoms with Crippen molar-refractivity contribution in [2.75, 3.05) is 18.4 Å². The van der Waals surface area contributed by atoms with Crippen LogP contribution in [0.3, 0.4) is 0 Å². The molecule has 0 heterocycles. The van der Waals surface area contributed by atoms with Gasteiger partial charge in [0.1, 0.15) is 0 Å². The highest BCUT2D eigenvalue weighted by Gasteiger charge is 2.10. The molecule has 0 fully saturated rings. The molecule has 19 heavy (non-hydrogen) atoms. The van der Waals surface area contributed by atoms with E-state index in [0.29, 0.717) is 18.8 Å². The molecule has 6 heteroatoms. The monoisotopic (exact) mass is 265 g/mol. The second-order valence-electron chi connectivity index (χ2n) is 4.29. The summed E-state index contributed by atoms with van der Waals surface area (Å²) < 4.78 is 0. The number of rotatable bonds is 6. The minimum Gasteiger partial charge on any atom is -0.481 e. The minimum absolute atomic E-state index is 0.0578. The number of benzene rings is 1. The van der Waals surface area contributed by atoms with Crippen molar-refractivity contribution in [3.05, 3.63) is 29.8 Å². The molecule has 0 bridgehead atoms. The Hall–Kier alpha value is -2.08. The lowest BCUT2D eigenvalue weighted by atomic mass is 9.98. The van der Waals surface area contributed by atoms with Gasteiger partial charge in [-0.15, -0.1) is 0 Å². The fourth-order valence-electron chi connectivity index (χ4n) is 1.64. The molecule has 1 atom stereocenters. The highest BCUT2D eigenvalue weighted by Crippen LogP contribution is 2.20. The zero-order valence-corrected chi connectivity index (χ0v) is 10.8. The fraction of sp³-hybridized carbons (Fsp3) is 0.385. The van der Waals surface area contributed by atoms with Crippen molar-refractivity contribution in [1.29, 1.82) is 0 Å². The largest absolute Gasteiger partial charge is 0.481 e. The minimum atomic E-state index is -0.823. The molecule has 1 unspecified atom stereocenters. The van der Waals surface area contributed by atoms with Gasteiger partial charge in [0.05, 0.1) is 6.42 Å². The normalized spacial score (nSPS) is 11.7. The number of amides is 2. The molecule has 0 aromatic heterocycles. The zero-order valence-electron chi connectivity index (χ0n) is 10.8. The number of hydrogen-bond donors (Lipinski definition) is 4. The average Bonchev–Trinajstić information content (AvgIpc) is 2.36. The number of nitrogens with two attached hydrogens (primary N) is 1. The highest BCUT2D eigenvalue weighted by molar-refractivity contribution is 5.89. The summed E-state index contributed by atoms with van der Waals surface area (Å²) in [5, 5.41) is 14.0. The summed E-state index contributed by atoms with van der Waals surface area (Å²) in [6, 6.07) is 6.81. The van der Waals surface area contributed by atoms with E-state index in [0.717, 1.165) is 5.56 Å². The van der Waals surface area contributed by atoms with Crippen LogP contribution in [0.25, 0.3) is 0 Å². The van der Waals surface area contributed by atoms with Crippen LogP contribution in [0.5, 0.6) is 0 Å². The maximum Gasteiger partial charge on any atom is 0.319 e. The molecular weight excluding hydrogens is 246 g/mol. The number of carboxylic acid groups (broad SMARTS) is 1. The molecule has 2 amide bonds. The number of carbonyl (C=O) groups is 2. The van der Waals surface area contributed by atoms with E-state index >= 15 is 0 Å². The smallest absolute Gasteiger partial charge is 0.319 e. The Labute approximate surface area is 112 Å². The number of nitrogens with one attached hydrogen (secondary N) is 2. The number of anilines is 1. The first kappa shape index (κ1) is 15.0. The summed E-state index contributed by atoms with van der Waals surface area (Å²) in [6.45, 7) is 2.66. The maximum absolute atomic E-state index is 11.4. The van der Waals surface area contributed by atoms with Gasteiger partial charge in [0, 0.05) is 18.8 Å². The van der Waals surface area contributed by atoms with Gasteiger partial charge >= 0.3 is 12.0 Å². The topological polar surface area (TPSA) is 104 Å². The molecule has 1 rings (SSSR count). The number of carbonyl (C=O) groups excluding carboxylic acids is 1. The number of carboxylic acids is 1. The van der Waals surface area contributed by atoms with Crippen molar-refractivity contribution in [2.24, 2.45) is 5.73 Å². The van der Waals surface area contributed by atoms with Crippen LogP contribution in [0.15, 0.2) is 24.3 Å². The third kappa shape index (κ3) is 5.39. The summed E-state index contributed by atoms with van der Waals surface area (Å²) in [6.07, 6.45) is 0.0871. The molecular formula is C13H19N3O3. The summed E-state index contributed by atoms with van der Waals surface area (Å²) >= 11 is 0. The van der Waals surface area contributed by atoms with Crippen LogP contribution in [0.4, 0.5) is 10.5 Å². The quantitative estimate of drug-likeness (QED) is 0.623. The van der Waals surface area contributed by atoms with Crippen molar-refractivity contribution in [3.8, 4) is 0 Å². The van der Waals surface area contributed by atoms with E-state index in [9.17, 15) is 9.59 Å². The number of hydrogen-bond acceptors (Lipinski definition) is 3. The van der Waals surface area contributed by atoms with Crippen molar-refractivity contribution in [1.82, 2.24) is 5.32 Å². The number of aliphatic carboxylic acids is 1. The van der Waals surface area contributed by atoms with E-state index < -0.39 is 5.97 Å². The van der Waals surface area contributed by atoms with Crippen LogP contribution in [0, 0.1) is 0 Å². The van der Waals surface area contributed by atoms with Gasteiger partial charge in [0.2, 0.25) is 0 Å². The third-order valence-corrected chi connectivity index (χ3v) is 2.65. The Morgan fingerprint density at radius 3 is 2.47 bits per heavy atom. The van der Waals surface area contributed by atoms with E-state index in [1.807, 2.05) is 19.1 Å². The average molecular weight is 265 g/mol. The van der Waals surface area contributed by atoms with Crippen molar-refractivity contribution >= 4 is 17.7 Å². The molecule has 0 radical (unpaired) electrons. The Balaban J connectivity index is 2.56. The molecule has 1 aromatic carbocycles. The standard InChI is InChI=1S/C13H19N3O3/c1-9(8-12(17)18)10-2-4-11(5-3-10)16-13(19)15-7-6-14/h2-5,9H,6-8,14H2,1H3,(H,17,18)(H2,15,16,19). The summed E-state index contributed by atoms with van der Waals surface area (Å²) in [7, 11) is 0. The summed E-state index contributed by atoms with van der Waals surface area (Å²) in [5.41, 5.74) is 6.85. The highest BCUT2D eigenvalue weighted by atomic mass is 16.4. The molecule has 6 nitrogen and oxygen atoms in total. The first-order valence-corrected chi connectivity index (χ1v) is 6.09. The second-order valence-corrected chi connectivity index (χ2v) is 4.29. The van der Waals surface area contributed by atoms with Crippen molar-refractivity contribution < 1.29 is 14.7 Å². The van der Waals surface area contributed by atoms with Crippen LogP contribution >= 0.6 is 0 Å². The Kier molecular flexibility index (Phi) is 5.81. The van der Waals surface area contributed by atoms with Crippen LogP contribution in [-0.4, -0.2) is 30.2 Å². The molecule has 104 valence electrons. The molecule has 0 saturated carbocycles. The summed E-state index contributed by atoms with van der Waals surface area (Å²) in [4.78, 5) is 22.0. The van der Waals surface area contributed by atoms with Crippen molar-refractivity contribution in [2.45, 2.75) is 19.3 Å². The predicted octanol–water partition coefficient (Wildman–Crippen LogP) is 1.34. The van der Waals surface area contributed by atoms with Crippen LogP contribution in [0.1, 0.15) is 24.8 Å². The summed E-state index contributed by atoms with van der Waals surface area (Å²) in [5.74, 6) is -0.881. The van der Waals surface area contributed by atoms with E-state index in [4.69, 9.17) is 10.8 Å². The second kappa shape index (κ2) is 7.38. The Morgan fingerprint density at radius 2 is 1.95 bits per heavy atom. The molecule has 0 aliphatic heterocycles. The van der Waals surface area contributed by atoms with Gasteiger partial charge in [-0.05, 0) is 23.6 Å². The fourth-order valence-corrected chi connectivity index (χ4v) is 1.64. The Morgan fingerprint density at radius 1 is 1.32 bits per heavy atom. The van der Waals surface area contributed by atoms with Gasteiger partial charge in [-0.2, -0.15) is 0 Å². The molecule has 0 aliphatic carbocycles. The van der Waals surface area contributed by atoms with Gasteiger partial charge in [0.15, 0.2) is 0 Å². The molecule has 0 aliphatic rings. The molecule has 1 aromatic rings. The van der Waals surface area contributed by atoms with Gasteiger partial charge in [-0.3, -0.25) is 4.79 Å². The van der Waals surface area contributed by atoms with Gasteiger partial charge in [0.25, 0.3) is 0 Å². The molecule has 0 spiro atoms. The maximum atomic E-state index is 11.4. The number of urea groups is 1. The lowest BCUT2D eigenvalue weighted by Crippen LogP contribution is -2.32. The third-order valence-electron chi connectivity index (χ3n) is 2.65. The molecule has 5 N–H and O–H groups in total. The van der Waals surface area contributed by atoms with E-state index in [1.165, 1.54) is 0 Å². The lowest BCUT2D eigenvalue weighted by molar-refractivity contribution is -0.137.